The first kappa shape index (κ1) is 18.7. The molecule has 5 nitrogen and oxygen atoms in total. The van der Waals surface area contributed by atoms with E-state index in [4.69, 9.17) is 4.74 Å². The van der Waals surface area contributed by atoms with Crippen LogP contribution in [0.25, 0.3) is 0 Å². The fourth-order valence-electron chi connectivity index (χ4n) is 2.32. The van der Waals surface area contributed by atoms with Gasteiger partial charge in [0.2, 0.25) is 0 Å². The van der Waals surface area contributed by atoms with E-state index in [1.807, 2.05) is 42.6 Å². The molecule has 0 atom stereocenters. The van der Waals surface area contributed by atoms with Crippen LogP contribution < -0.4 is 10.1 Å². The van der Waals surface area contributed by atoms with Crippen LogP contribution in [0.15, 0.2) is 69.9 Å². The van der Waals surface area contributed by atoms with Crippen molar-refractivity contribution in [2.75, 3.05) is 6.54 Å². The van der Waals surface area contributed by atoms with Gasteiger partial charge in [-0.25, -0.2) is 0 Å². The Morgan fingerprint density at radius 1 is 1.12 bits per heavy atom. The maximum Gasteiger partial charge on any atom is 0.251 e. The average Bonchev–Trinajstić information content (AvgIpc) is 3.06. The van der Waals surface area contributed by atoms with Crippen molar-refractivity contribution in [1.82, 2.24) is 15.1 Å². The molecule has 0 fully saturated rings. The second-order valence-corrected chi connectivity index (χ2v) is 7.36. The molecule has 7 heteroatoms. The van der Waals surface area contributed by atoms with Gasteiger partial charge in [-0.2, -0.15) is 5.10 Å². The van der Waals surface area contributed by atoms with Gasteiger partial charge in [0.1, 0.15) is 12.4 Å². The molecule has 0 aliphatic heterocycles. The van der Waals surface area contributed by atoms with Crippen LogP contribution in [0.2, 0.25) is 0 Å². The predicted octanol–water partition coefficient (Wildman–Crippen LogP) is 4.42. The molecule has 1 amide bonds. The van der Waals surface area contributed by atoms with Gasteiger partial charge in [-0.05, 0) is 61.7 Å². The first-order valence-corrected chi connectivity index (χ1v) is 9.63. The summed E-state index contributed by atoms with van der Waals surface area (Å²) in [7, 11) is 0. The minimum absolute atomic E-state index is 0.102. The maximum atomic E-state index is 12.2. The highest BCUT2D eigenvalue weighted by atomic mass is 79.9. The van der Waals surface area contributed by atoms with E-state index in [0.29, 0.717) is 25.3 Å². The molecule has 2 aromatic carbocycles. The highest BCUT2D eigenvalue weighted by molar-refractivity contribution is 9.10. The first-order valence-electron chi connectivity index (χ1n) is 8.04. The van der Waals surface area contributed by atoms with Gasteiger partial charge in [-0.1, -0.05) is 24.3 Å². The van der Waals surface area contributed by atoms with Crippen LogP contribution in [0.1, 0.15) is 15.9 Å². The van der Waals surface area contributed by atoms with Gasteiger partial charge in [0.15, 0.2) is 0 Å². The van der Waals surface area contributed by atoms with E-state index in [9.17, 15) is 4.79 Å². The Balaban J connectivity index is 1.48. The highest BCUT2D eigenvalue weighted by Gasteiger charge is 2.06. The Kier molecular flexibility index (Phi) is 6.46. The third-order valence-corrected chi connectivity index (χ3v) is 4.74. The summed E-state index contributed by atoms with van der Waals surface area (Å²) in [4.78, 5) is 12.2. The van der Waals surface area contributed by atoms with Crippen LogP contribution in [0.3, 0.4) is 0 Å². The van der Waals surface area contributed by atoms with Crippen LogP contribution >= 0.6 is 31.9 Å². The molecule has 26 heavy (non-hydrogen) atoms. The second kappa shape index (κ2) is 9.00. The van der Waals surface area contributed by atoms with Gasteiger partial charge in [-0.15, -0.1) is 0 Å². The van der Waals surface area contributed by atoms with Crippen molar-refractivity contribution in [3.8, 4) is 5.75 Å². The molecule has 0 aliphatic rings. The van der Waals surface area contributed by atoms with E-state index in [0.717, 1.165) is 20.3 Å². The average molecular weight is 479 g/mol. The normalized spacial score (nSPS) is 10.5. The van der Waals surface area contributed by atoms with Gasteiger partial charge in [0.05, 0.1) is 21.7 Å². The van der Waals surface area contributed by atoms with Crippen molar-refractivity contribution < 1.29 is 9.53 Å². The van der Waals surface area contributed by atoms with Gasteiger partial charge in [0, 0.05) is 18.3 Å². The number of nitrogens with zero attached hydrogens (tertiary/aromatic N) is 2. The monoisotopic (exact) mass is 477 g/mol. The molecule has 1 N–H and O–H groups in total. The fourth-order valence-corrected chi connectivity index (χ4v) is 3.05. The van der Waals surface area contributed by atoms with E-state index < -0.39 is 0 Å². The number of hydrogen-bond donors (Lipinski definition) is 1. The lowest BCUT2D eigenvalue weighted by molar-refractivity contribution is 0.0952. The molecule has 0 bridgehead atoms. The summed E-state index contributed by atoms with van der Waals surface area (Å²) in [5, 5.41) is 7.04. The summed E-state index contributed by atoms with van der Waals surface area (Å²) in [6.07, 6.45) is 3.59. The number of rotatable bonds is 7. The Labute approximate surface area is 168 Å². The minimum Gasteiger partial charge on any atom is -0.488 e. The first-order chi connectivity index (χ1) is 12.6. The third kappa shape index (κ3) is 5.19. The van der Waals surface area contributed by atoms with Crippen LogP contribution in [0, 0.1) is 0 Å². The number of ether oxygens (including phenoxy) is 1. The molecule has 3 aromatic rings. The van der Waals surface area contributed by atoms with Gasteiger partial charge < -0.3 is 10.1 Å². The smallest absolute Gasteiger partial charge is 0.251 e. The zero-order valence-corrected chi connectivity index (χ0v) is 17.0. The van der Waals surface area contributed by atoms with Crippen molar-refractivity contribution in [2.45, 2.75) is 13.2 Å². The lowest BCUT2D eigenvalue weighted by Crippen LogP contribution is -2.27. The fraction of sp³-hybridized carbons (Fsp3) is 0.158. The van der Waals surface area contributed by atoms with Crippen LogP contribution in [-0.2, 0) is 13.2 Å². The zero-order chi connectivity index (χ0) is 18.4. The lowest BCUT2D eigenvalue weighted by atomic mass is 10.1. The zero-order valence-electron chi connectivity index (χ0n) is 13.9. The molecule has 1 heterocycles. The molecule has 3 rings (SSSR count). The number of halogens is 2. The van der Waals surface area contributed by atoms with Crippen LogP contribution in [0.4, 0.5) is 0 Å². The summed E-state index contributed by atoms with van der Waals surface area (Å²) in [5.41, 5.74) is 1.62. The van der Waals surface area contributed by atoms with Crippen LogP contribution in [0.5, 0.6) is 5.75 Å². The Hall–Kier alpha value is -2.12. The number of nitrogens with one attached hydrogen (secondary N) is 1. The molecule has 134 valence electrons. The quantitative estimate of drug-likeness (QED) is 0.547. The van der Waals surface area contributed by atoms with E-state index in [-0.39, 0.29) is 5.91 Å². The minimum atomic E-state index is -0.102. The van der Waals surface area contributed by atoms with Gasteiger partial charge in [0.25, 0.3) is 5.91 Å². The number of amides is 1. The standard InChI is InChI=1S/C19H17Br2N3O2/c20-16-11-23-24(12-16)10-9-22-19(25)15-7-5-14(6-8-15)13-26-18-4-2-1-3-17(18)21/h1-8,11-12H,9-10,13H2,(H,22,25). The SMILES string of the molecule is O=C(NCCn1cc(Br)cn1)c1ccc(COc2ccccc2Br)cc1. The number of benzene rings is 2. The Morgan fingerprint density at radius 3 is 2.58 bits per heavy atom. The second-order valence-electron chi connectivity index (χ2n) is 5.59. The Morgan fingerprint density at radius 2 is 1.88 bits per heavy atom. The van der Waals surface area contributed by atoms with E-state index in [2.05, 4.69) is 42.3 Å². The molecular weight excluding hydrogens is 462 g/mol. The lowest BCUT2D eigenvalue weighted by Gasteiger charge is -2.09. The van der Waals surface area contributed by atoms with E-state index >= 15 is 0 Å². The molecule has 0 spiro atoms. The van der Waals surface area contributed by atoms with Crippen molar-refractivity contribution in [1.29, 1.82) is 0 Å². The van der Waals surface area contributed by atoms with Crippen LogP contribution in [-0.4, -0.2) is 22.2 Å². The topological polar surface area (TPSA) is 56.2 Å². The molecule has 0 saturated heterocycles. The van der Waals surface area contributed by atoms with E-state index in [1.165, 1.54) is 0 Å². The predicted molar refractivity (Wildman–Crippen MR) is 107 cm³/mol. The molecule has 0 radical (unpaired) electrons. The van der Waals surface area contributed by atoms with Crippen molar-refractivity contribution in [3.63, 3.8) is 0 Å². The van der Waals surface area contributed by atoms with Crippen molar-refractivity contribution in [3.05, 3.63) is 81.0 Å². The largest absolute Gasteiger partial charge is 0.488 e. The van der Waals surface area contributed by atoms with Crippen molar-refractivity contribution >= 4 is 37.8 Å². The molecule has 1 aromatic heterocycles. The van der Waals surface area contributed by atoms with Gasteiger partial charge in [-0.3, -0.25) is 9.48 Å². The van der Waals surface area contributed by atoms with Gasteiger partial charge >= 0.3 is 0 Å². The molecule has 0 saturated carbocycles. The highest BCUT2D eigenvalue weighted by Crippen LogP contribution is 2.24. The number of aromatic nitrogens is 2. The molecule has 0 aliphatic carbocycles. The maximum absolute atomic E-state index is 12.2. The Bertz CT molecular complexity index is 879. The molecular formula is C19H17Br2N3O2. The number of hydrogen-bond acceptors (Lipinski definition) is 3. The summed E-state index contributed by atoms with van der Waals surface area (Å²) in [5.74, 6) is 0.689. The summed E-state index contributed by atoms with van der Waals surface area (Å²) in [6.45, 7) is 1.58. The summed E-state index contributed by atoms with van der Waals surface area (Å²) < 4.78 is 9.39. The van der Waals surface area contributed by atoms with E-state index in [1.54, 1.807) is 23.0 Å². The van der Waals surface area contributed by atoms with Crippen molar-refractivity contribution in [2.24, 2.45) is 0 Å². The number of carbonyl (C=O) groups is 1. The number of carbonyl (C=O) groups excluding carboxylic acids is 1. The summed E-state index contributed by atoms with van der Waals surface area (Å²) >= 11 is 6.80. The number of para-hydroxylation sites is 1. The third-order valence-electron chi connectivity index (χ3n) is 3.68. The molecule has 0 unspecified atom stereocenters. The summed E-state index contributed by atoms with van der Waals surface area (Å²) in [6, 6.07) is 15.1.